The fraction of sp³-hybridized carbons (Fsp3) is 0.278. The van der Waals surface area contributed by atoms with Gasteiger partial charge in [0.2, 0.25) is 0 Å². The van der Waals surface area contributed by atoms with Crippen molar-refractivity contribution in [3.05, 3.63) is 57.6 Å². The van der Waals surface area contributed by atoms with Gasteiger partial charge in [0.15, 0.2) is 11.5 Å². The van der Waals surface area contributed by atoms with Crippen molar-refractivity contribution < 1.29 is 14.3 Å². The zero-order chi connectivity index (χ0) is 18.0. The second-order valence-electron chi connectivity index (χ2n) is 5.43. The van der Waals surface area contributed by atoms with Crippen LogP contribution in [0.2, 0.25) is 10.0 Å². The summed E-state index contributed by atoms with van der Waals surface area (Å²) in [5.74, 6) is 2.06. The maximum absolute atomic E-state index is 13.0. The van der Waals surface area contributed by atoms with Crippen LogP contribution in [-0.2, 0) is 0 Å². The lowest BCUT2D eigenvalue weighted by Crippen LogP contribution is -2.30. The topological polar surface area (TPSA) is 38.8 Å². The molecule has 0 N–H and O–H groups in total. The second kappa shape index (κ2) is 7.77. The van der Waals surface area contributed by atoms with Gasteiger partial charge in [0, 0.05) is 23.4 Å². The Morgan fingerprint density at radius 1 is 1.16 bits per heavy atom. The van der Waals surface area contributed by atoms with E-state index >= 15 is 0 Å². The Morgan fingerprint density at radius 3 is 2.64 bits per heavy atom. The van der Waals surface area contributed by atoms with Gasteiger partial charge in [0.25, 0.3) is 5.91 Å². The lowest BCUT2D eigenvalue weighted by molar-refractivity contribution is 0.0759. The number of methoxy groups -OCH3 is 2. The molecule has 1 saturated heterocycles. The number of amides is 1. The lowest BCUT2D eigenvalue weighted by Gasteiger charge is -2.26. The molecular formula is C18H17Cl2NO3S. The molecule has 4 nitrogen and oxygen atoms in total. The van der Waals surface area contributed by atoms with Gasteiger partial charge in [-0.05, 0) is 24.3 Å². The number of hydrogen-bond acceptors (Lipinski definition) is 4. The molecular weight excluding hydrogens is 381 g/mol. The molecule has 2 aromatic rings. The van der Waals surface area contributed by atoms with Gasteiger partial charge in [-0.25, -0.2) is 0 Å². The average Bonchev–Trinajstić information content (AvgIpc) is 3.12. The van der Waals surface area contributed by atoms with Crippen molar-refractivity contribution in [2.45, 2.75) is 5.37 Å². The first-order chi connectivity index (χ1) is 12.1. The number of halogens is 2. The summed E-state index contributed by atoms with van der Waals surface area (Å²) < 4.78 is 10.9. The lowest BCUT2D eigenvalue weighted by atomic mass is 10.1. The van der Waals surface area contributed by atoms with Crippen LogP contribution in [0.4, 0.5) is 0 Å². The summed E-state index contributed by atoms with van der Waals surface area (Å²) in [4.78, 5) is 14.8. The molecule has 3 rings (SSSR count). The number of nitrogens with zero attached hydrogens (tertiary/aromatic N) is 1. The summed E-state index contributed by atoms with van der Waals surface area (Å²) in [5, 5.41) is 0.655. The van der Waals surface area contributed by atoms with Crippen molar-refractivity contribution in [2.24, 2.45) is 0 Å². The number of rotatable bonds is 4. The van der Waals surface area contributed by atoms with Gasteiger partial charge in [0.05, 0.1) is 24.3 Å². The zero-order valence-corrected chi connectivity index (χ0v) is 16.1. The molecule has 0 bridgehead atoms. The molecule has 1 aliphatic rings. The van der Waals surface area contributed by atoms with Crippen molar-refractivity contribution >= 4 is 40.9 Å². The van der Waals surface area contributed by atoms with E-state index in [1.165, 1.54) is 0 Å². The molecule has 0 aromatic heterocycles. The van der Waals surface area contributed by atoms with Gasteiger partial charge in [-0.2, -0.15) is 0 Å². The zero-order valence-electron chi connectivity index (χ0n) is 13.8. The molecule has 7 heteroatoms. The molecule has 2 aromatic carbocycles. The van der Waals surface area contributed by atoms with E-state index in [9.17, 15) is 4.79 Å². The molecule has 0 aliphatic carbocycles. The van der Waals surface area contributed by atoms with E-state index in [-0.39, 0.29) is 11.3 Å². The smallest absolute Gasteiger partial charge is 0.255 e. The van der Waals surface area contributed by atoms with E-state index in [4.69, 9.17) is 32.7 Å². The van der Waals surface area contributed by atoms with Crippen LogP contribution in [0, 0.1) is 0 Å². The summed E-state index contributed by atoms with van der Waals surface area (Å²) >= 11 is 13.7. The van der Waals surface area contributed by atoms with Crippen LogP contribution in [0.1, 0.15) is 21.3 Å². The molecule has 1 heterocycles. The van der Waals surface area contributed by atoms with Crippen molar-refractivity contribution in [3.8, 4) is 11.5 Å². The summed E-state index contributed by atoms with van der Waals surface area (Å²) in [5.41, 5.74) is 1.43. The van der Waals surface area contributed by atoms with E-state index in [1.54, 1.807) is 44.2 Å². The number of ether oxygens (including phenoxy) is 2. The summed E-state index contributed by atoms with van der Waals surface area (Å²) in [6.45, 7) is 0.648. The Kier molecular flexibility index (Phi) is 5.67. The molecule has 0 unspecified atom stereocenters. The Balaban J connectivity index is 1.95. The van der Waals surface area contributed by atoms with Crippen LogP contribution in [0.15, 0.2) is 36.4 Å². The number of thioether (sulfide) groups is 1. The normalized spacial score (nSPS) is 16.8. The highest BCUT2D eigenvalue weighted by Crippen LogP contribution is 2.45. The minimum atomic E-state index is -0.146. The van der Waals surface area contributed by atoms with Crippen molar-refractivity contribution in [3.63, 3.8) is 0 Å². The first-order valence-corrected chi connectivity index (χ1v) is 9.45. The van der Waals surface area contributed by atoms with Crippen LogP contribution in [0.5, 0.6) is 11.5 Å². The van der Waals surface area contributed by atoms with Gasteiger partial charge in [-0.15, -0.1) is 11.8 Å². The second-order valence-corrected chi connectivity index (χ2v) is 7.44. The summed E-state index contributed by atoms with van der Waals surface area (Å²) in [6.07, 6.45) is 0. The van der Waals surface area contributed by atoms with Crippen LogP contribution in [0.3, 0.4) is 0 Å². The largest absolute Gasteiger partial charge is 0.493 e. The minimum absolute atomic E-state index is 0.0848. The molecule has 1 atom stereocenters. The Labute approximate surface area is 161 Å². The van der Waals surface area contributed by atoms with Gasteiger partial charge in [0.1, 0.15) is 5.37 Å². The maximum Gasteiger partial charge on any atom is 0.255 e. The average molecular weight is 398 g/mol. The van der Waals surface area contributed by atoms with Crippen LogP contribution in [0.25, 0.3) is 0 Å². The molecule has 0 spiro atoms. The fourth-order valence-electron chi connectivity index (χ4n) is 2.84. The van der Waals surface area contributed by atoms with Crippen LogP contribution < -0.4 is 9.47 Å². The first-order valence-electron chi connectivity index (χ1n) is 7.65. The summed E-state index contributed by atoms with van der Waals surface area (Å²) in [7, 11) is 3.20. The standard InChI is InChI=1S/C18H17Cl2NO3S/c1-23-15-5-3-4-12(16(15)24-2)18-21(8-9-25-18)17(22)11-6-7-13(19)14(20)10-11/h3-7,10,18H,8-9H2,1-2H3/t18-/m1/s1. The molecule has 1 amide bonds. The number of carbonyl (C=O) groups is 1. The molecule has 0 radical (unpaired) electrons. The number of para-hydroxylation sites is 1. The van der Waals surface area contributed by atoms with Crippen molar-refractivity contribution in [1.29, 1.82) is 0 Å². The van der Waals surface area contributed by atoms with Crippen LogP contribution >= 0.6 is 35.0 Å². The van der Waals surface area contributed by atoms with Gasteiger partial charge in [-0.3, -0.25) is 4.79 Å². The van der Waals surface area contributed by atoms with E-state index in [0.29, 0.717) is 33.7 Å². The van der Waals surface area contributed by atoms with Gasteiger partial charge < -0.3 is 14.4 Å². The predicted molar refractivity (Wildman–Crippen MR) is 102 cm³/mol. The third-order valence-corrected chi connectivity index (χ3v) is 6.00. The number of carbonyl (C=O) groups excluding carboxylic acids is 1. The van der Waals surface area contributed by atoms with Crippen LogP contribution in [-0.4, -0.2) is 37.3 Å². The summed E-state index contributed by atoms with van der Waals surface area (Å²) in [6, 6.07) is 10.6. The molecule has 1 fully saturated rings. The van der Waals surface area contributed by atoms with Crippen molar-refractivity contribution in [1.82, 2.24) is 4.90 Å². The Morgan fingerprint density at radius 2 is 1.96 bits per heavy atom. The third kappa shape index (κ3) is 3.54. The van der Waals surface area contributed by atoms with E-state index in [2.05, 4.69) is 0 Å². The van der Waals surface area contributed by atoms with Gasteiger partial charge >= 0.3 is 0 Å². The molecule has 1 aliphatic heterocycles. The first kappa shape index (κ1) is 18.2. The maximum atomic E-state index is 13.0. The van der Waals surface area contributed by atoms with Gasteiger partial charge in [-0.1, -0.05) is 35.3 Å². The van der Waals surface area contributed by atoms with E-state index in [0.717, 1.165) is 11.3 Å². The fourth-order valence-corrected chi connectivity index (χ4v) is 4.41. The molecule has 25 heavy (non-hydrogen) atoms. The minimum Gasteiger partial charge on any atom is -0.493 e. The van der Waals surface area contributed by atoms with E-state index in [1.807, 2.05) is 23.1 Å². The van der Waals surface area contributed by atoms with Crippen molar-refractivity contribution in [2.75, 3.05) is 26.5 Å². The molecule has 0 saturated carbocycles. The quantitative estimate of drug-likeness (QED) is 0.735. The Hall–Kier alpha value is -1.56. The number of benzene rings is 2. The Bertz CT molecular complexity index is 800. The monoisotopic (exact) mass is 397 g/mol. The number of hydrogen-bond donors (Lipinski definition) is 0. The predicted octanol–water partition coefficient (Wildman–Crippen LogP) is 4.90. The highest BCUT2D eigenvalue weighted by Gasteiger charge is 2.34. The van der Waals surface area contributed by atoms with E-state index < -0.39 is 0 Å². The SMILES string of the molecule is COc1cccc([C@H]2SCCN2C(=O)c2ccc(Cl)c(Cl)c2)c1OC. The highest BCUT2D eigenvalue weighted by molar-refractivity contribution is 7.99. The highest BCUT2D eigenvalue weighted by atomic mass is 35.5. The third-order valence-electron chi connectivity index (χ3n) is 4.02. The molecule has 132 valence electrons.